The van der Waals surface area contributed by atoms with Gasteiger partial charge in [0.25, 0.3) is 0 Å². The van der Waals surface area contributed by atoms with Crippen LogP contribution in [0.3, 0.4) is 0 Å². The van der Waals surface area contributed by atoms with E-state index in [4.69, 9.17) is 33.2 Å². The number of hydrogen-bond donors (Lipinski definition) is 0. The predicted octanol–water partition coefficient (Wildman–Crippen LogP) is 6.63. The normalized spacial score (nSPS) is 10.3. The highest BCUT2D eigenvalue weighted by molar-refractivity contribution is 5.91. The SMILES string of the molecule is C=COCOCCCCCCOc1ccc(OCOc2ccc(C(=O)Oc3ccc(OC(=O)C=C)cc3)c(F)c2)cc1. The average Bonchev–Trinajstić information content (AvgIpc) is 2.99. The molecular weight excluding hydrogens is 547 g/mol. The summed E-state index contributed by atoms with van der Waals surface area (Å²) < 4.78 is 51.6. The molecule has 0 aliphatic heterocycles. The van der Waals surface area contributed by atoms with Gasteiger partial charge in [-0.15, -0.1) is 0 Å². The zero-order valence-corrected chi connectivity index (χ0v) is 23.1. The minimum absolute atomic E-state index is 0.149. The lowest BCUT2D eigenvalue weighted by Crippen LogP contribution is -2.11. The van der Waals surface area contributed by atoms with Crippen LogP contribution in [0.2, 0.25) is 0 Å². The Balaban J connectivity index is 1.34. The van der Waals surface area contributed by atoms with Crippen molar-refractivity contribution in [3.63, 3.8) is 0 Å². The lowest BCUT2D eigenvalue weighted by Gasteiger charge is -2.11. The highest BCUT2D eigenvalue weighted by Crippen LogP contribution is 2.22. The molecule has 0 aliphatic carbocycles. The summed E-state index contributed by atoms with van der Waals surface area (Å²) in [6, 6.07) is 16.5. The van der Waals surface area contributed by atoms with E-state index in [0.29, 0.717) is 19.0 Å². The number of benzene rings is 3. The smallest absolute Gasteiger partial charge is 0.346 e. The van der Waals surface area contributed by atoms with Crippen molar-refractivity contribution in [1.82, 2.24) is 0 Å². The minimum Gasteiger partial charge on any atom is -0.494 e. The van der Waals surface area contributed by atoms with Gasteiger partial charge in [0.15, 0.2) is 6.79 Å². The van der Waals surface area contributed by atoms with Crippen LogP contribution >= 0.6 is 0 Å². The lowest BCUT2D eigenvalue weighted by atomic mass is 10.2. The monoisotopic (exact) mass is 580 g/mol. The van der Waals surface area contributed by atoms with Crippen molar-refractivity contribution in [2.75, 3.05) is 26.8 Å². The van der Waals surface area contributed by atoms with Crippen molar-refractivity contribution in [3.8, 4) is 28.7 Å². The molecule has 0 heterocycles. The van der Waals surface area contributed by atoms with Gasteiger partial charge >= 0.3 is 11.9 Å². The molecule has 0 saturated heterocycles. The summed E-state index contributed by atoms with van der Waals surface area (Å²) >= 11 is 0. The van der Waals surface area contributed by atoms with Crippen LogP contribution in [0.4, 0.5) is 4.39 Å². The van der Waals surface area contributed by atoms with Gasteiger partial charge in [-0.25, -0.2) is 14.0 Å². The minimum atomic E-state index is -0.895. The zero-order chi connectivity index (χ0) is 30.0. The topological polar surface area (TPSA) is 98.8 Å². The first-order chi connectivity index (χ1) is 20.5. The van der Waals surface area contributed by atoms with Crippen LogP contribution in [-0.2, 0) is 14.3 Å². The van der Waals surface area contributed by atoms with E-state index in [9.17, 15) is 14.0 Å². The molecule has 0 fully saturated rings. The molecule has 0 bridgehead atoms. The molecule has 9 nitrogen and oxygen atoms in total. The molecule has 0 atom stereocenters. The summed E-state index contributed by atoms with van der Waals surface area (Å²) in [4.78, 5) is 23.6. The Morgan fingerprint density at radius 3 is 1.88 bits per heavy atom. The fraction of sp³-hybridized carbons (Fsp3) is 0.250. The molecule has 0 radical (unpaired) electrons. The molecule has 42 heavy (non-hydrogen) atoms. The highest BCUT2D eigenvalue weighted by Gasteiger charge is 2.15. The zero-order valence-electron chi connectivity index (χ0n) is 23.1. The van der Waals surface area contributed by atoms with Crippen LogP contribution in [0.1, 0.15) is 36.0 Å². The Labute approximate surface area is 244 Å². The van der Waals surface area contributed by atoms with Crippen molar-refractivity contribution in [3.05, 3.63) is 104 Å². The van der Waals surface area contributed by atoms with Crippen molar-refractivity contribution >= 4 is 11.9 Å². The third-order valence-corrected chi connectivity index (χ3v) is 5.58. The number of esters is 2. The molecule has 222 valence electrons. The molecule has 0 saturated carbocycles. The van der Waals surface area contributed by atoms with Crippen molar-refractivity contribution in [2.24, 2.45) is 0 Å². The molecular formula is C32H33FO9. The molecule has 0 aliphatic rings. The van der Waals surface area contributed by atoms with E-state index in [0.717, 1.165) is 43.6 Å². The van der Waals surface area contributed by atoms with E-state index in [1.54, 1.807) is 24.3 Å². The summed E-state index contributed by atoms with van der Waals surface area (Å²) in [5, 5.41) is 0. The summed E-state index contributed by atoms with van der Waals surface area (Å²) in [5.41, 5.74) is -0.274. The molecule has 10 heteroatoms. The number of halogens is 1. The third kappa shape index (κ3) is 11.3. The van der Waals surface area contributed by atoms with Crippen LogP contribution in [0.15, 0.2) is 92.2 Å². The first-order valence-corrected chi connectivity index (χ1v) is 13.2. The average molecular weight is 581 g/mol. The van der Waals surface area contributed by atoms with E-state index >= 15 is 0 Å². The fourth-order valence-corrected chi connectivity index (χ4v) is 3.45. The second kappa shape index (κ2) is 17.8. The maximum absolute atomic E-state index is 14.6. The van der Waals surface area contributed by atoms with Gasteiger partial charge < -0.3 is 33.2 Å². The van der Waals surface area contributed by atoms with E-state index in [-0.39, 0.29) is 36.4 Å². The highest BCUT2D eigenvalue weighted by atomic mass is 19.1. The molecule has 3 aromatic carbocycles. The fourth-order valence-electron chi connectivity index (χ4n) is 3.45. The maximum atomic E-state index is 14.6. The van der Waals surface area contributed by atoms with Gasteiger partial charge in [0.2, 0.25) is 6.79 Å². The predicted molar refractivity (Wildman–Crippen MR) is 152 cm³/mol. The van der Waals surface area contributed by atoms with Gasteiger partial charge in [-0.2, -0.15) is 0 Å². The van der Waals surface area contributed by atoms with Crippen LogP contribution in [-0.4, -0.2) is 38.7 Å². The van der Waals surface area contributed by atoms with Gasteiger partial charge in [-0.1, -0.05) is 19.6 Å². The first kappa shape index (κ1) is 31.7. The quantitative estimate of drug-likeness (QED) is 0.0387. The molecule has 0 spiro atoms. The Morgan fingerprint density at radius 1 is 0.667 bits per heavy atom. The molecule has 0 aromatic heterocycles. The Bertz CT molecular complexity index is 1290. The summed E-state index contributed by atoms with van der Waals surface area (Å²) in [5.74, 6) is -0.488. The van der Waals surface area contributed by atoms with Crippen LogP contribution in [0, 0.1) is 5.82 Å². The molecule has 0 unspecified atom stereocenters. The number of carbonyl (C=O) groups is 2. The van der Waals surface area contributed by atoms with E-state index in [1.165, 1.54) is 42.7 Å². The largest absolute Gasteiger partial charge is 0.494 e. The lowest BCUT2D eigenvalue weighted by molar-refractivity contribution is -0.128. The van der Waals surface area contributed by atoms with E-state index < -0.39 is 17.8 Å². The van der Waals surface area contributed by atoms with Crippen molar-refractivity contribution in [2.45, 2.75) is 25.7 Å². The number of carbonyl (C=O) groups excluding carboxylic acids is 2. The van der Waals surface area contributed by atoms with E-state index in [1.807, 2.05) is 0 Å². The second-order valence-electron chi connectivity index (χ2n) is 8.63. The Kier molecular flexibility index (Phi) is 13.4. The maximum Gasteiger partial charge on any atom is 0.346 e. The van der Waals surface area contributed by atoms with Crippen LogP contribution in [0.25, 0.3) is 0 Å². The third-order valence-electron chi connectivity index (χ3n) is 5.58. The summed E-state index contributed by atoms with van der Waals surface area (Å²) in [7, 11) is 0. The van der Waals surface area contributed by atoms with Gasteiger partial charge in [0.1, 0.15) is 34.6 Å². The molecule has 0 amide bonds. The number of hydrogen-bond acceptors (Lipinski definition) is 9. The first-order valence-electron chi connectivity index (χ1n) is 13.2. The van der Waals surface area contributed by atoms with E-state index in [2.05, 4.69) is 13.2 Å². The van der Waals surface area contributed by atoms with Gasteiger partial charge in [-0.3, -0.25) is 0 Å². The van der Waals surface area contributed by atoms with Crippen LogP contribution < -0.4 is 23.7 Å². The van der Waals surface area contributed by atoms with Gasteiger partial charge in [-0.05, 0) is 79.9 Å². The molecule has 3 rings (SSSR count). The van der Waals surface area contributed by atoms with Crippen molar-refractivity contribution < 1.29 is 47.1 Å². The van der Waals surface area contributed by atoms with Gasteiger partial charge in [0.05, 0.1) is 25.0 Å². The standard InChI is InChI=1S/C32H33FO9/c1-3-31(34)41-26-13-15-27(16-14-26)42-32(35)29-18-17-28(21-30(29)33)40-23-39-25-11-9-24(10-12-25)38-20-8-6-5-7-19-37-22-36-4-2/h3-4,9-18,21H,1-2,5-8,19-20,22-23H2. The number of rotatable bonds is 19. The summed E-state index contributed by atoms with van der Waals surface area (Å²) in [6.07, 6.45) is 6.37. The Morgan fingerprint density at radius 2 is 1.24 bits per heavy atom. The second-order valence-corrected chi connectivity index (χ2v) is 8.63. The molecule has 0 N–H and O–H groups in total. The summed E-state index contributed by atoms with van der Waals surface area (Å²) in [6.45, 7) is 8.09. The Hall–Kier alpha value is -4.83. The number of unbranched alkanes of at least 4 members (excludes halogenated alkanes) is 3. The van der Waals surface area contributed by atoms with Crippen molar-refractivity contribution in [1.29, 1.82) is 0 Å². The molecule has 3 aromatic rings. The number of ether oxygens (including phenoxy) is 7. The van der Waals surface area contributed by atoms with Crippen LogP contribution in [0.5, 0.6) is 28.7 Å². The van der Waals surface area contributed by atoms with Gasteiger partial charge in [0, 0.05) is 12.1 Å².